The van der Waals surface area contributed by atoms with E-state index in [-0.39, 0.29) is 16.1 Å². The molecule has 1 saturated heterocycles. The summed E-state index contributed by atoms with van der Waals surface area (Å²) in [5.74, 6) is 0.875. The van der Waals surface area contributed by atoms with Gasteiger partial charge in [0.15, 0.2) is 11.6 Å². The molecule has 0 saturated carbocycles. The van der Waals surface area contributed by atoms with E-state index < -0.39 is 10.0 Å². The number of anilines is 1. The summed E-state index contributed by atoms with van der Waals surface area (Å²) in [5, 5.41) is 4.58. The van der Waals surface area contributed by atoms with Crippen LogP contribution in [-0.4, -0.2) is 60.8 Å². The van der Waals surface area contributed by atoms with Gasteiger partial charge < -0.3 is 9.64 Å². The number of ether oxygens (including phenoxy) is 1. The van der Waals surface area contributed by atoms with Crippen molar-refractivity contribution in [2.75, 3.05) is 38.2 Å². The Balaban J connectivity index is 1.31. The molecule has 0 amide bonds. The van der Waals surface area contributed by atoms with E-state index in [4.69, 9.17) is 4.74 Å². The van der Waals surface area contributed by atoms with Gasteiger partial charge in [0.05, 0.1) is 24.1 Å². The molecular formula is C26H28FN5O3S. The highest BCUT2D eigenvalue weighted by Gasteiger charge is 2.45. The zero-order valence-electron chi connectivity index (χ0n) is 20.3. The highest BCUT2D eigenvalue weighted by molar-refractivity contribution is 7.89. The molecule has 3 aliphatic rings. The summed E-state index contributed by atoms with van der Waals surface area (Å²) in [5.41, 5.74) is 3.79. The summed E-state index contributed by atoms with van der Waals surface area (Å²) >= 11 is 0. The molecule has 0 unspecified atom stereocenters. The van der Waals surface area contributed by atoms with Crippen molar-refractivity contribution >= 4 is 21.9 Å². The molecule has 1 fully saturated rings. The van der Waals surface area contributed by atoms with E-state index in [0.717, 1.165) is 23.4 Å². The molecule has 1 aliphatic carbocycles. The first-order valence-electron chi connectivity index (χ1n) is 12.2. The number of rotatable bonds is 4. The van der Waals surface area contributed by atoms with Crippen LogP contribution in [0.1, 0.15) is 31.0 Å². The topological polar surface area (TPSA) is 80.6 Å². The van der Waals surface area contributed by atoms with Gasteiger partial charge in [0.25, 0.3) is 0 Å². The Hall–Kier alpha value is -3.24. The standard InChI is InChI=1S/C26H28FN5O3S/c1-3-26-14-18-15-29-32(21-6-4-20(27)5-7-21)23(18)12-19(26)8-9-31(17-26)36(33,34)22-13-24-25(28-16-22)30(2)10-11-35-24/h4-7,12-13,15-16H,3,8-11,14,17H2,1-2H3/t26-/m1/s1. The largest absolute Gasteiger partial charge is 0.488 e. The van der Waals surface area contributed by atoms with Crippen LogP contribution in [-0.2, 0) is 16.4 Å². The van der Waals surface area contributed by atoms with E-state index in [1.165, 1.54) is 23.9 Å². The molecule has 4 heterocycles. The number of pyridine rings is 1. The van der Waals surface area contributed by atoms with Crippen molar-refractivity contribution in [1.29, 1.82) is 0 Å². The number of hydrogen-bond donors (Lipinski definition) is 0. The lowest BCUT2D eigenvalue weighted by atomic mass is 9.67. The molecule has 1 aromatic carbocycles. The van der Waals surface area contributed by atoms with E-state index in [1.807, 2.05) is 22.8 Å². The number of aromatic nitrogens is 3. The first kappa shape index (κ1) is 23.2. The van der Waals surface area contributed by atoms with Crippen LogP contribution in [0.5, 0.6) is 5.75 Å². The molecule has 0 radical (unpaired) electrons. The maximum Gasteiger partial charge on any atom is 0.244 e. The van der Waals surface area contributed by atoms with Gasteiger partial charge in [-0.15, -0.1) is 0 Å². The highest BCUT2D eigenvalue weighted by Crippen LogP contribution is 2.47. The molecule has 2 aliphatic heterocycles. The molecule has 188 valence electrons. The van der Waals surface area contributed by atoms with Crippen LogP contribution < -0.4 is 9.64 Å². The number of halogens is 1. The molecule has 0 bridgehead atoms. The molecular weight excluding hydrogens is 481 g/mol. The maximum absolute atomic E-state index is 13.7. The van der Waals surface area contributed by atoms with Crippen LogP contribution in [0.25, 0.3) is 11.8 Å². The van der Waals surface area contributed by atoms with Gasteiger partial charge in [0, 0.05) is 37.8 Å². The minimum Gasteiger partial charge on any atom is -0.488 e. The van der Waals surface area contributed by atoms with Gasteiger partial charge in [-0.25, -0.2) is 22.5 Å². The van der Waals surface area contributed by atoms with Crippen molar-refractivity contribution in [2.45, 2.75) is 31.1 Å². The van der Waals surface area contributed by atoms with Gasteiger partial charge in [-0.2, -0.15) is 9.40 Å². The molecule has 6 rings (SSSR count). The molecule has 0 spiro atoms. The minimum atomic E-state index is -3.74. The Bertz CT molecular complexity index is 1470. The Kier molecular flexibility index (Phi) is 5.42. The van der Waals surface area contributed by atoms with E-state index in [0.29, 0.717) is 50.7 Å². The number of piperidine rings is 1. The zero-order valence-corrected chi connectivity index (χ0v) is 21.1. The summed E-state index contributed by atoms with van der Waals surface area (Å²) in [6, 6.07) is 7.89. The summed E-state index contributed by atoms with van der Waals surface area (Å²) in [7, 11) is -1.82. The third-order valence-electron chi connectivity index (χ3n) is 7.76. The second-order valence-corrected chi connectivity index (χ2v) is 11.7. The van der Waals surface area contributed by atoms with Crippen molar-refractivity contribution in [3.8, 4) is 11.4 Å². The first-order chi connectivity index (χ1) is 17.3. The predicted molar refractivity (Wildman–Crippen MR) is 134 cm³/mol. The van der Waals surface area contributed by atoms with E-state index >= 15 is 0 Å². The maximum atomic E-state index is 13.7. The van der Waals surface area contributed by atoms with Gasteiger partial charge in [0.2, 0.25) is 10.0 Å². The average molecular weight is 510 g/mol. The second-order valence-electron chi connectivity index (χ2n) is 9.77. The zero-order chi connectivity index (χ0) is 25.1. The quantitative estimate of drug-likeness (QED) is 0.534. The van der Waals surface area contributed by atoms with Crippen LogP contribution in [0.4, 0.5) is 10.2 Å². The Morgan fingerprint density at radius 1 is 1.17 bits per heavy atom. The normalized spacial score (nSPS) is 21.8. The lowest BCUT2D eigenvalue weighted by molar-refractivity contribution is 0.204. The lowest BCUT2D eigenvalue weighted by Gasteiger charge is -2.45. The van der Waals surface area contributed by atoms with Gasteiger partial charge in [0.1, 0.15) is 17.3 Å². The Labute approximate surface area is 210 Å². The average Bonchev–Trinajstić information content (AvgIpc) is 3.29. The van der Waals surface area contributed by atoms with E-state index in [2.05, 4.69) is 23.1 Å². The number of hydrogen-bond acceptors (Lipinski definition) is 6. The number of sulfonamides is 1. The van der Waals surface area contributed by atoms with Crippen LogP contribution in [0, 0.1) is 11.2 Å². The van der Waals surface area contributed by atoms with Crippen molar-refractivity contribution in [3.63, 3.8) is 0 Å². The van der Waals surface area contributed by atoms with Crippen LogP contribution in [0.3, 0.4) is 0 Å². The Morgan fingerprint density at radius 3 is 2.75 bits per heavy atom. The van der Waals surface area contributed by atoms with Crippen molar-refractivity contribution in [2.24, 2.45) is 5.41 Å². The summed E-state index contributed by atoms with van der Waals surface area (Å²) < 4.78 is 50.0. The number of fused-ring (bicyclic) bond motifs is 3. The van der Waals surface area contributed by atoms with Gasteiger partial charge in [-0.3, -0.25) is 0 Å². The molecule has 0 N–H and O–H groups in total. The molecule has 1 atom stereocenters. The van der Waals surface area contributed by atoms with Crippen molar-refractivity contribution < 1.29 is 17.5 Å². The van der Waals surface area contributed by atoms with Crippen molar-refractivity contribution in [1.82, 2.24) is 19.1 Å². The van der Waals surface area contributed by atoms with E-state index in [1.54, 1.807) is 22.5 Å². The lowest BCUT2D eigenvalue weighted by Crippen LogP contribution is -2.49. The van der Waals surface area contributed by atoms with E-state index in [9.17, 15) is 12.8 Å². The third kappa shape index (κ3) is 3.62. The van der Waals surface area contributed by atoms with Crippen LogP contribution in [0.15, 0.2) is 53.2 Å². The number of benzene rings is 1. The van der Waals surface area contributed by atoms with Crippen LogP contribution >= 0.6 is 0 Å². The highest BCUT2D eigenvalue weighted by atomic mass is 32.2. The SMILES string of the molecule is CC[C@]12Cc3cnn(-c4ccc(F)cc4)c3C=C1CCN(S(=O)(=O)c1cnc3c(c1)OCCN3C)C2. The molecule has 2 aromatic heterocycles. The molecule has 36 heavy (non-hydrogen) atoms. The smallest absolute Gasteiger partial charge is 0.244 e. The monoisotopic (exact) mass is 509 g/mol. The van der Waals surface area contributed by atoms with Gasteiger partial charge in [-0.05, 0) is 55.2 Å². The van der Waals surface area contributed by atoms with Crippen molar-refractivity contribution in [3.05, 3.63) is 65.4 Å². The fourth-order valence-corrected chi connectivity index (χ4v) is 7.08. The summed E-state index contributed by atoms with van der Waals surface area (Å²) in [6.45, 7) is 4.12. The third-order valence-corrected chi connectivity index (χ3v) is 9.57. The van der Waals surface area contributed by atoms with Gasteiger partial charge >= 0.3 is 0 Å². The number of likely N-dealkylation sites (N-methyl/N-ethyl adjacent to an activating group) is 1. The Morgan fingerprint density at radius 2 is 1.97 bits per heavy atom. The fourth-order valence-electron chi connectivity index (χ4n) is 5.59. The van der Waals surface area contributed by atoms with Gasteiger partial charge in [-0.1, -0.05) is 12.5 Å². The second kappa shape index (κ2) is 8.41. The molecule has 10 heteroatoms. The first-order valence-corrected chi connectivity index (χ1v) is 13.6. The van der Waals surface area contributed by atoms with Crippen LogP contribution in [0.2, 0.25) is 0 Å². The molecule has 8 nitrogen and oxygen atoms in total. The fraction of sp³-hybridized carbons (Fsp3) is 0.385. The molecule has 3 aromatic rings. The predicted octanol–water partition coefficient (Wildman–Crippen LogP) is 3.67. The number of nitrogens with zero attached hydrogens (tertiary/aromatic N) is 5. The summed E-state index contributed by atoms with van der Waals surface area (Å²) in [6.07, 6.45) is 7.59. The minimum absolute atomic E-state index is 0.163. The summed E-state index contributed by atoms with van der Waals surface area (Å²) in [4.78, 5) is 6.52.